The van der Waals surface area contributed by atoms with Crippen molar-refractivity contribution in [2.45, 2.75) is 52.4 Å². The van der Waals surface area contributed by atoms with Crippen LogP contribution in [0.1, 0.15) is 72.2 Å². The SMILES string of the molecule is C=C1c2cccc3c2N2c4c1cc(-c1ccc(N(c5ccc(C)cc5)c5ccc(C)cc5)cc1)cc4C(C)(C)c1cccc(c12)C3(C)C. The Bertz CT molecular complexity index is 2260. The van der Waals surface area contributed by atoms with Crippen LogP contribution in [0.15, 0.2) is 128 Å². The third-order valence-electron chi connectivity index (χ3n) is 11.2. The summed E-state index contributed by atoms with van der Waals surface area (Å²) in [7, 11) is 0. The van der Waals surface area contributed by atoms with Gasteiger partial charge in [-0.1, -0.05) is 118 Å². The molecule has 0 saturated heterocycles. The smallest absolute Gasteiger partial charge is 0.0581 e. The second kappa shape index (κ2) is 9.84. The molecule has 0 spiro atoms. The van der Waals surface area contributed by atoms with Crippen molar-refractivity contribution in [3.8, 4) is 11.1 Å². The van der Waals surface area contributed by atoms with E-state index in [9.17, 15) is 0 Å². The summed E-state index contributed by atoms with van der Waals surface area (Å²) >= 11 is 0. The minimum Gasteiger partial charge on any atom is -0.311 e. The van der Waals surface area contributed by atoms with Crippen molar-refractivity contribution in [2.75, 3.05) is 9.80 Å². The summed E-state index contributed by atoms with van der Waals surface area (Å²) in [6, 6.07) is 45.2. The Balaban J connectivity index is 1.21. The molecule has 0 radical (unpaired) electrons. The molecule has 0 unspecified atom stereocenters. The van der Waals surface area contributed by atoms with Crippen molar-refractivity contribution in [3.05, 3.63) is 172 Å². The molecule has 0 N–H and O–H groups in total. The van der Waals surface area contributed by atoms with Crippen LogP contribution in [0, 0.1) is 13.8 Å². The molecule has 2 heteroatoms. The van der Waals surface area contributed by atoms with Crippen LogP contribution >= 0.6 is 0 Å². The fourth-order valence-corrected chi connectivity index (χ4v) is 8.48. The maximum absolute atomic E-state index is 4.76. The number of hydrogen-bond acceptors (Lipinski definition) is 2. The van der Waals surface area contributed by atoms with Crippen molar-refractivity contribution in [1.29, 1.82) is 0 Å². The minimum atomic E-state index is -0.185. The van der Waals surface area contributed by atoms with E-state index in [-0.39, 0.29) is 10.8 Å². The average Bonchev–Trinajstić information content (AvgIpc) is 3.09. The highest BCUT2D eigenvalue weighted by atomic mass is 15.2. The zero-order chi connectivity index (χ0) is 33.1. The lowest BCUT2D eigenvalue weighted by atomic mass is 9.63. The third kappa shape index (κ3) is 3.86. The van der Waals surface area contributed by atoms with Crippen molar-refractivity contribution in [1.82, 2.24) is 0 Å². The van der Waals surface area contributed by atoms with Gasteiger partial charge in [-0.2, -0.15) is 0 Å². The van der Waals surface area contributed by atoms with Gasteiger partial charge in [0.1, 0.15) is 0 Å². The molecule has 3 heterocycles. The summed E-state index contributed by atoms with van der Waals surface area (Å²) in [4.78, 5) is 4.92. The maximum atomic E-state index is 4.76. The van der Waals surface area contributed by atoms with Gasteiger partial charge in [0.25, 0.3) is 0 Å². The number of para-hydroxylation sites is 2. The van der Waals surface area contributed by atoms with E-state index in [2.05, 4.69) is 173 Å². The number of benzene rings is 6. The van der Waals surface area contributed by atoms with E-state index in [0.717, 1.165) is 22.6 Å². The van der Waals surface area contributed by atoms with Crippen LogP contribution in [-0.4, -0.2) is 0 Å². The van der Waals surface area contributed by atoms with Crippen molar-refractivity contribution in [2.24, 2.45) is 0 Å². The van der Waals surface area contributed by atoms with Gasteiger partial charge in [0, 0.05) is 39.0 Å². The molecule has 0 amide bonds. The van der Waals surface area contributed by atoms with Crippen molar-refractivity contribution >= 4 is 39.7 Å². The van der Waals surface area contributed by atoms with Gasteiger partial charge in [-0.05, 0) is 101 Å². The summed E-state index contributed by atoms with van der Waals surface area (Å²) < 4.78 is 0. The highest BCUT2D eigenvalue weighted by molar-refractivity contribution is 6.07. The lowest BCUT2D eigenvalue weighted by Crippen LogP contribution is -2.40. The largest absolute Gasteiger partial charge is 0.311 e. The van der Waals surface area contributed by atoms with Crippen LogP contribution < -0.4 is 9.80 Å². The Labute approximate surface area is 284 Å². The third-order valence-corrected chi connectivity index (χ3v) is 11.2. The van der Waals surface area contributed by atoms with Gasteiger partial charge in [0.05, 0.1) is 17.1 Å². The summed E-state index contributed by atoms with van der Waals surface area (Å²) in [5.74, 6) is 0. The first kappa shape index (κ1) is 28.8. The standard InChI is InChI=1S/C46H40N2/c1-28-14-20-33(21-15-28)47(34-22-16-29(2)17-23-34)35-24-18-31(19-25-35)32-26-37-30(3)36-10-8-11-38-42(36)48-43(37)41(27-32)46(6,7)40-13-9-12-39(44(40)48)45(38,4)5/h8-27H,3H2,1-2,4-7H3. The number of hydrogen-bond donors (Lipinski definition) is 0. The highest BCUT2D eigenvalue weighted by Gasteiger charge is 2.48. The lowest BCUT2D eigenvalue weighted by Gasteiger charge is -2.52. The minimum absolute atomic E-state index is 0.106. The van der Waals surface area contributed by atoms with E-state index in [1.165, 1.54) is 72.7 Å². The van der Waals surface area contributed by atoms with Crippen molar-refractivity contribution < 1.29 is 0 Å². The van der Waals surface area contributed by atoms with Crippen LogP contribution in [0.2, 0.25) is 0 Å². The summed E-state index contributed by atoms with van der Waals surface area (Å²) in [5, 5.41) is 0. The van der Waals surface area contributed by atoms with Crippen LogP contribution in [0.3, 0.4) is 0 Å². The van der Waals surface area contributed by atoms with E-state index in [4.69, 9.17) is 6.58 Å². The van der Waals surface area contributed by atoms with E-state index in [1.54, 1.807) is 0 Å². The van der Waals surface area contributed by atoms with Gasteiger partial charge < -0.3 is 9.80 Å². The fourth-order valence-electron chi connectivity index (χ4n) is 8.48. The topological polar surface area (TPSA) is 6.48 Å². The van der Waals surface area contributed by atoms with E-state index < -0.39 is 0 Å². The first-order valence-electron chi connectivity index (χ1n) is 17.1. The Morgan fingerprint density at radius 1 is 0.479 bits per heavy atom. The molecule has 0 aromatic heterocycles. The predicted octanol–water partition coefficient (Wildman–Crippen LogP) is 12.6. The quantitative estimate of drug-likeness (QED) is 0.193. The van der Waals surface area contributed by atoms with E-state index >= 15 is 0 Å². The number of nitrogens with zero attached hydrogens (tertiary/aromatic N) is 2. The molecule has 6 aromatic rings. The number of aryl methyl sites for hydroxylation is 2. The predicted molar refractivity (Wildman–Crippen MR) is 203 cm³/mol. The lowest BCUT2D eigenvalue weighted by molar-refractivity contribution is 0.596. The van der Waals surface area contributed by atoms with Gasteiger partial charge in [-0.25, -0.2) is 0 Å². The molecule has 234 valence electrons. The van der Waals surface area contributed by atoms with Gasteiger partial charge in [-0.3, -0.25) is 0 Å². The molecule has 0 bridgehead atoms. The molecular formula is C46H40N2. The van der Waals surface area contributed by atoms with Gasteiger partial charge in [0.2, 0.25) is 0 Å². The highest BCUT2D eigenvalue weighted by Crippen LogP contribution is 2.65. The van der Waals surface area contributed by atoms with Gasteiger partial charge >= 0.3 is 0 Å². The van der Waals surface area contributed by atoms with Crippen LogP contribution in [0.25, 0.3) is 16.7 Å². The maximum Gasteiger partial charge on any atom is 0.0581 e. The molecule has 2 nitrogen and oxygen atoms in total. The zero-order valence-electron chi connectivity index (χ0n) is 28.6. The molecule has 48 heavy (non-hydrogen) atoms. The molecule has 9 rings (SSSR count). The average molecular weight is 621 g/mol. The number of anilines is 6. The zero-order valence-corrected chi connectivity index (χ0v) is 28.6. The first-order valence-corrected chi connectivity index (χ1v) is 17.1. The molecule has 3 aliphatic rings. The second-order valence-electron chi connectivity index (χ2n) is 14.9. The van der Waals surface area contributed by atoms with Crippen LogP contribution in [-0.2, 0) is 10.8 Å². The summed E-state index contributed by atoms with van der Waals surface area (Å²) in [6.07, 6.45) is 0. The van der Waals surface area contributed by atoms with Crippen molar-refractivity contribution in [3.63, 3.8) is 0 Å². The monoisotopic (exact) mass is 620 g/mol. The van der Waals surface area contributed by atoms with E-state index in [0.29, 0.717) is 0 Å². The second-order valence-corrected chi connectivity index (χ2v) is 14.9. The summed E-state index contributed by atoms with van der Waals surface area (Å²) in [5.41, 5.74) is 21.1. The van der Waals surface area contributed by atoms with Crippen LogP contribution in [0.5, 0.6) is 0 Å². The summed E-state index contributed by atoms with van der Waals surface area (Å²) in [6.45, 7) is 18.6. The molecule has 0 aliphatic carbocycles. The van der Waals surface area contributed by atoms with Gasteiger partial charge in [-0.15, -0.1) is 0 Å². The van der Waals surface area contributed by atoms with Gasteiger partial charge in [0.15, 0.2) is 0 Å². The first-order chi connectivity index (χ1) is 23.1. The van der Waals surface area contributed by atoms with E-state index in [1.807, 2.05) is 0 Å². The Morgan fingerprint density at radius 3 is 1.50 bits per heavy atom. The van der Waals surface area contributed by atoms with Crippen LogP contribution in [0.4, 0.5) is 34.1 Å². The Kier molecular flexibility index (Phi) is 5.91. The fraction of sp³-hybridized carbons (Fsp3) is 0.174. The molecule has 0 saturated carbocycles. The molecule has 0 atom stereocenters. The Hall–Kier alpha value is -5.34. The molecule has 3 aliphatic heterocycles. The number of rotatable bonds is 4. The molecular weight excluding hydrogens is 581 g/mol. The molecule has 0 fully saturated rings. The molecule has 6 aromatic carbocycles. The Morgan fingerprint density at radius 2 is 0.938 bits per heavy atom. The normalized spacial score (nSPS) is 15.6.